The predicted molar refractivity (Wildman–Crippen MR) is 109 cm³/mol. The fourth-order valence-electron chi connectivity index (χ4n) is 2.99. The van der Waals surface area contributed by atoms with Crippen LogP contribution in [0.3, 0.4) is 0 Å². The van der Waals surface area contributed by atoms with Crippen LogP contribution in [-0.4, -0.2) is 51.0 Å². The Bertz CT molecular complexity index is 927. The molecular weight excluding hydrogens is 380 g/mol. The minimum absolute atomic E-state index is 0.0983. The van der Waals surface area contributed by atoms with Gasteiger partial charge >= 0.3 is 0 Å². The fraction of sp³-hybridized carbons (Fsp3) is 0.474. The summed E-state index contributed by atoms with van der Waals surface area (Å²) in [4.78, 5) is 14.6. The number of nitrogens with one attached hydrogen (secondary N) is 1. The molecule has 1 N–H and O–H groups in total. The second-order valence-corrected chi connectivity index (χ2v) is 8.63. The van der Waals surface area contributed by atoms with Crippen molar-refractivity contribution in [1.29, 1.82) is 0 Å². The lowest BCUT2D eigenvalue weighted by Crippen LogP contribution is -2.30. The summed E-state index contributed by atoms with van der Waals surface area (Å²) >= 11 is 0. The Kier molecular flexibility index (Phi) is 6.84. The molecule has 0 atom stereocenters. The third-order valence-electron chi connectivity index (χ3n) is 4.59. The number of carbonyl (C=O) groups excluding carboxylic acids is 1. The van der Waals surface area contributed by atoms with Gasteiger partial charge in [0, 0.05) is 32.7 Å². The lowest BCUT2D eigenvalue weighted by Gasteiger charge is -2.22. The number of hydrogen-bond acceptors (Lipinski definition) is 6. The molecule has 0 fully saturated rings. The van der Waals surface area contributed by atoms with Gasteiger partial charge in [0.15, 0.2) is 0 Å². The number of aryl methyl sites for hydroxylation is 2. The SMILES string of the molecule is CCN(CC)S(=O)(=O)c1ccc(N(C)C)c(NC(=O)Cc2c(C)noc2C)c1. The van der Waals surface area contributed by atoms with Crippen molar-refractivity contribution in [1.82, 2.24) is 9.46 Å². The molecule has 28 heavy (non-hydrogen) atoms. The number of anilines is 2. The van der Waals surface area contributed by atoms with E-state index in [1.54, 1.807) is 39.8 Å². The number of hydrogen-bond donors (Lipinski definition) is 1. The van der Waals surface area contributed by atoms with E-state index in [-0.39, 0.29) is 17.2 Å². The molecule has 0 saturated carbocycles. The average molecular weight is 409 g/mol. The van der Waals surface area contributed by atoms with E-state index in [0.29, 0.717) is 35.9 Å². The zero-order valence-corrected chi connectivity index (χ0v) is 18.1. The summed E-state index contributed by atoms with van der Waals surface area (Å²) in [6.07, 6.45) is 0.0983. The molecule has 0 radical (unpaired) electrons. The van der Waals surface area contributed by atoms with Gasteiger partial charge in [0.2, 0.25) is 15.9 Å². The molecule has 0 unspecified atom stereocenters. The Balaban J connectivity index is 2.37. The lowest BCUT2D eigenvalue weighted by atomic mass is 10.1. The first-order valence-corrected chi connectivity index (χ1v) is 10.6. The molecular formula is C19H28N4O4S. The Labute approximate surface area is 166 Å². The highest BCUT2D eigenvalue weighted by Crippen LogP contribution is 2.29. The summed E-state index contributed by atoms with van der Waals surface area (Å²) in [5, 5.41) is 6.70. The summed E-state index contributed by atoms with van der Waals surface area (Å²) in [6.45, 7) is 7.87. The molecule has 2 aromatic rings. The van der Waals surface area contributed by atoms with Gasteiger partial charge in [0.05, 0.1) is 28.4 Å². The van der Waals surface area contributed by atoms with Crippen LogP contribution in [0.1, 0.15) is 30.9 Å². The Morgan fingerprint density at radius 2 is 1.82 bits per heavy atom. The van der Waals surface area contributed by atoms with Crippen LogP contribution in [0.15, 0.2) is 27.6 Å². The molecule has 1 aromatic heterocycles. The van der Waals surface area contributed by atoms with Gasteiger partial charge in [0.1, 0.15) is 5.76 Å². The van der Waals surface area contributed by atoms with Gasteiger partial charge in [-0.3, -0.25) is 4.79 Å². The van der Waals surface area contributed by atoms with Crippen LogP contribution in [0, 0.1) is 13.8 Å². The van der Waals surface area contributed by atoms with Crippen molar-refractivity contribution in [2.24, 2.45) is 0 Å². The Morgan fingerprint density at radius 3 is 2.32 bits per heavy atom. The van der Waals surface area contributed by atoms with Crippen LogP contribution in [0.2, 0.25) is 0 Å². The summed E-state index contributed by atoms with van der Waals surface area (Å²) in [6, 6.07) is 4.77. The van der Waals surface area contributed by atoms with Gasteiger partial charge in [-0.2, -0.15) is 4.31 Å². The first-order chi connectivity index (χ1) is 13.1. The summed E-state index contributed by atoms with van der Waals surface area (Å²) in [5.41, 5.74) is 2.55. The number of carbonyl (C=O) groups is 1. The third kappa shape index (κ3) is 4.53. The van der Waals surface area contributed by atoms with E-state index in [9.17, 15) is 13.2 Å². The van der Waals surface area contributed by atoms with Crippen LogP contribution in [0.25, 0.3) is 0 Å². The van der Waals surface area contributed by atoms with Crippen LogP contribution in [-0.2, 0) is 21.2 Å². The van der Waals surface area contributed by atoms with Crippen molar-refractivity contribution >= 4 is 27.3 Å². The largest absolute Gasteiger partial charge is 0.376 e. The number of nitrogens with zero attached hydrogens (tertiary/aromatic N) is 3. The number of aromatic nitrogens is 1. The second-order valence-electron chi connectivity index (χ2n) is 6.69. The van der Waals surface area contributed by atoms with Crippen LogP contribution >= 0.6 is 0 Å². The van der Waals surface area contributed by atoms with Gasteiger partial charge in [-0.25, -0.2) is 8.42 Å². The highest BCUT2D eigenvalue weighted by molar-refractivity contribution is 7.89. The number of amides is 1. The van der Waals surface area contributed by atoms with Gasteiger partial charge in [-0.05, 0) is 32.0 Å². The highest BCUT2D eigenvalue weighted by atomic mass is 32.2. The average Bonchev–Trinajstić information content (AvgIpc) is 2.94. The van der Waals surface area contributed by atoms with Gasteiger partial charge in [0.25, 0.3) is 0 Å². The molecule has 2 rings (SSSR count). The molecule has 154 valence electrons. The summed E-state index contributed by atoms with van der Waals surface area (Å²) in [7, 11) is 0.0356. The number of benzene rings is 1. The minimum atomic E-state index is -3.63. The molecule has 0 aliphatic rings. The molecule has 0 saturated heterocycles. The van der Waals surface area contributed by atoms with Crippen molar-refractivity contribution in [3.63, 3.8) is 0 Å². The molecule has 0 aliphatic heterocycles. The van der Waals surface area contributed by atoms with E-state index in [1.807, 2.05) is 19.0 Å². The molecule has 0 aliphatic carbocycles. The monoisotopic (exact) mass is 408 g/mol. The van der Waals surface area contributed by atoms with Crippen LogP contribution in [0.5, 0.6) is 0 Å². The van der Waals surface area contributed by atoms with Crippen molar-refractivity contribution in [2.45, 2.75) is 39.0 Å². The molecule has 9 heteroatoms. The van der Waals surface area contributed by atoms with E-state index in [2.05, 4.69) is 10.5 Å². The van der Waals surface area contributed by atoms with Crippen molar-refractivity contribution < 1.29 is 17.7 Å². The zero-order valence-electron chi connectivity index (χ0n) is 17.2. The van der Waals surface area contributed by atoms with Crippen LogP contribution < -0.4 is 10.2 Å². The molecule has 0 bridgehead atoms. The molecule has 1 heterocycles. The van der Waals surface area contributed by atoms with Gasteiger partial charge < -0.3 is 14.7 Å². The van der Waals surface area contributed by atoms with Crippen molar-refractivity contribution in [3.05, 3.63) is 35.2 Å². The predicted octanol–water partition coefficient (Wildman–Crippen LogP) is 2.57. The topological polar surface area (TPSA) is 95.8 Å². The smallest absolute Gasteiger partial charge is 0.243 e. The lowest BCUT2D eigenvalue weighted by molar-refractivity contribution is -0.115. The van der Waals surface area contributed by atoms with E-state index in [4.69, 9.17) is 4.52 Å². The highest BCUT2D eigenvalue weighted by Gasteiger charge is 2.23. The summed E-state index contributed by atoms with van der Waals surface area (Å²) < 4.78 is 32.2. The first-order valence-electron chi connectivity index (χ1n) is 9.14. The maximum Gasteiger partial charge on any atom is 0.243 e. The van der Waals surface area contributed by atoms with E-state index >= 15 is 0 Å². The standard InChI is InChI=1S/C19H28N4O4S/c1-7-23(8-2)28(25,26)15-9-10-18(22(5)6)17(11-15)20-19(24)12-16-13(3)21-27-14(16)4/h9-11H,7-8,12H2,1-6H3,(H,20,24). The summed E-state index contributed by atoms with van der Waals surface area (Å²) in [5.74, 6) is 0.327. The minimum Gasteiger partial charge on any atom is -0.376 e. The number of rotatable bonds is 8. The molecule has 1 aromatic carbocycles. The van der Waals surface area contributed by atoms with Gasteiger partial charge in [-0.1, -0.05) is 19.0 Å². The second kappa shape index (κ2) is 8.74. The van der Waals surface area contributed by atoms with E-state index < -0.39 is 10.0 Å². The maximum atomic E-state index is 12.8. The van der Waals surface area contributed by atoms with Crippen molar-refractivity contribution in [2.75, 3.05) is 37.4 Å². The van der Waals surface area contributed by atoms with Gasteiger partial charge in [-0.15, -0.1) is 0 Å². The normalized spacial score (nSPS) is 11.7. The Morgan fingerprint density at radius 1 is 1.18 bits per heavy atom. The molecule has 1 amide bonds. The van der Waals surface area contributed by atoms with E-state index in [0.717, 1.165) is 5.56 Å². The maximum absolute atomic E-state index is 12.8. The number of sulfonamides is 1. The quantitative estimate of drug-likeness (QED) is 0.721. The molecule has 0 spiro atoms. The van der Waals surface area contributed by atoms with E-state index in [1.165, 1.54) is 10.4 Å². The van der Waals surface area contributed by atoms with Crippen LogP contribution in [0.4, 0.5) is 11.4 Å². The van der Waals surface area contributed by atoms with Crippen molar-refractivity contribution in [3.8, 4) is 0 Å². The fourth-order valence-corrected chi connectivity index (χ4v) is 4.47. The zero-order chi connectivity index (χ0) is 21.1. The Hall–Kier alpha value is -2.39. The molecule has 8 nitrogen and oxygen atoms in total. The third-order valence-corrected chi connectivity index (χ3v) is 6.63. The first kappa shape index (κ1) is 21.9.